The SMILES string of the molecule is CCCCOc1ccc(CCBr)cc1C(=O)Nc1cc(-c2ccccc2)ccc1C(=O)O. The Hall–Kier alpha value is -3.12. The lowest BCUT2D eigenvalue weighted by Gasteiger charge is -2.15. The molecule has 0 aromatic heterocycles. The zero-order valence-corrected chi connectivity index (χ0v) is 19.5. The van der Waals surface area contributed by atoms with Crippen LogP contribution in [0.3, 0.4) is 0 Å². The van der Waals surface area contributed by atoms with Gasteiger partial charge in [0.2, 0.25) is 0 Å². The molecule has 0 spiro atoms. The minimum Gasteiger partial charge on any atom is -0.493 e. The third-order valence-electron chi connectivity index (χ3n) is 5.03. The van der Waals surface area contributed by atoms with Gasteiger partial charge in [0.15, 0.2) is 0 Å². The van der Waals surface area contributed by atoms with E-state index in [1.807, 2.05) is 36.4 Å². The van der Waals surface area contributed by atoms with E-state index in [2.05, 4.69) is 28.2 Å². The van der Waals surface area contributed by atoms with E-state index in [0.717, 1.165) is 41.3 Å². The molecule has 5 nitrogen and oxygen atoms in total. The molecule has 0 aliphatic carbocycles. The van der Waals surface area contributed by atoms with E-state index < -0.39 is 11.9 Å². The molecule has 0 saturated heterocycles. The summed E-state index contributed by atoms with van der Waals surface area (Å²) in [6, 6.07) is 20.1. The van der Waals surface area contributed by atoms with Crippen LogP contribution in [0.2, 0.25) is 0 Å². The first kappa shape index (κ1) is 23.5. The zero-order valence-electron chi connectivity index (χ0n) is 17.9. The number of alkyl halides is 1. The van der Waals surface area contributed by atoms with E-state index in [1.54, 1.807) is 24.3 Å². The number of carboxylic acids is 1. The van der Waals surface area contributed by atoms with Crippen molar-refractivity contribution in [1.82, 2.24) is 0 Å². The molecule has 0 unspecified atom stereocenters. The molecule has 3 rings (SSSR count). The fourth-order valence-corrected chi connectivity index (χ4v) is 3.76. The van der Waals surface area contributed by atoms with Crippen LogP contribution in [0.5, 0.6) is 5.75 Å². The lowest BCUT2D eigenvalue weighted by molar-refractivity contribution is 0.0698. The number of hydrogen-bond acceptors (Lipinski definition) is 3. The molecular weight excluding hydrogens is 470 g/mol. The van der Waals surface area contributed by atoms with Crippen molar-refractivity contribution in [3.8, 4) is 16.9 Å². The van der Waals surface area contributed by atoms with Gasteiger partial charge in [-0.15, -0.1) is 0 Å². The van der Waals surface area contributed by atoms with Crippen LogP contribution >= 0.6 is 15.9 Å². The maximum Gasteiger partial charge on any atom is 0.337 e. The largest absolute Gasteiger partial charge is 0.493 e. The number of ether oxygens (including phenoxy) is 1. The van der Waals surface area contributed by atoms with Crippen LogP contribution in [0, 0.1) is 0 Å². The van der Waals surface area contributed by atoms with Gasteiger partial charge in [-0.1, -0.05) is 71.7 Å². The zero-order chi connectivity index (χ0) is 22.9. The van der Waals surface area contributed by atoms with E-state index in [-0.39, 0.29) is 11.3 Å². The first-order valence-corrected chi connectivity index (χ1v) is 11.7. The monoisotopic (exact) mass is 495 g/mol. The van der Waals surface area contributed by atoms with Crippen molar-refractivity contribution in [1.29, 1.82) is 0 Å². The lowest BCUT2D eigenvalue weighted by Crippen LogP contribution is -2.17. The number of anilines is 1. The molecule has 0 aliphatic rings. The highest BCUT2D eigenvalue weighted by atomic mass is 79.9. The van der Waals surface area contributed by atoms with E-state index in [4.69, 9.17) is 4.74 Å². The van der Waals surface area contributed by atoms with Gasteiger partial charge in [-0.25, -0.2) is 4.79 Å². The van der Waals surface area contributed by atoms with E-state index in [0.29, 0.717) is 17.9 Å². The fraction of sp³-hybridized carbons (Fsp3) is 0.231. The number of carboxylic acid groups (broad SMARTS) is 1. The summed E-state index contributed by atoms with van der Waals surface area (Å²) < 4.78 is 5.85. The fourth-order valence-electron chi connectivity index (χ4n) is 3.31. The highest BCUT2D eigenvalue weighted by molar-refractivity contribution is 9.09. The van der Waals surface area contributed by atoms with Gasteiger partial charge in [-0.05, 0) is 53.8 Å². The van der Waals surface area contributed by atoms with Gasteiger partial charge >= 0.3 is 5.97 Å². The number of halogens is 1. The third kappa shape index (κ3) is 5.98. The van der Waals surface area contributed by atoms with Gasteiger partial charge in [-0.2, -0.15) is 0 Å². The van der Waals surface area contributed by atoms with Crippen LogP contribution in [0.4, 0.5) is 5.69 Å². The minimum absolute atomic E-state index is 0.0306. The normalized spacial score (nSPS) is 10.6. The Balaban J connectivity index is 1.96. The van der Waals surface area contributed by atoms with Crippen LogP contribution in [0.25, 0.3) is 11.1 Å². The second-order valence-corrected chi connectivity index (χ2v) is 8.15. The standard InChI is InChI=1S/C26H26BrNO4/c1-2-3-15-32-24-12-9-18(13-14-27)16-22(24)25(29)28-23-17-20(10-11-21(23)26(30)31)19-7-5-4-6-8-19/h4-12,16-17H,2-3,13-15H2,1H3,(H,28,29)(H,30,31). The molecule has 0 saturated carbocycles. The Morgan fingerprint density at radius 2 is 1.75 bits per heavy atom. The highest BCUT2D eigenvalue weighted by Crippen LogP contribution is 2.28. The van der Waals surface area contributed by atoms with Gasteiger partial charge in [0.05, 0.1) is 23.4 Å². The lowest BCUT2D eigenvalue weighted by atomic mass is 10.0. The van der Waals surface area contributed by atoms with Gasteiger partial charge in [0, 0.05) is 5.33 Å². The molecule has 3 aromatic rings. The van der Waals surface area contributed by atoms with E-state index in [1.165, 1.54) is 6.07 Å². The first-order chi connectivity index (χ1) is 15.5. The molecule has 0 radical (unpaired) electrons. The topological polar surface area (TPSA) is 75.6 Å². The predicted octanol–water partition coefficient (Wildman–Crippen LogP) is 6.42. The number of nitrogens with one attached hydrogen (secondary N) is 1. The van der Waals surface area contributed by atoms with Crippen molar-refractivity contribution in [2.24, 2.45) is 0 Å². The van der Waals surface area contributed by atoms with Crippen LogP contribution < -0.4 is 10.1 Å². The number of carbonyl (C=O) groups is 2. The summed E-state index contributed by atoms with van der Waals surface area (Å²) in [6.45, 7) is 2.58. The number of amides is 1. The molecule has 32 heavy (non-hydrogen) atoms. The summed E-state index contributed by atoms with van der Waals surface area (Å²) in [7, 11) is 0. The van der Waals surface area contributed by atoms with Crippen LogP contribution in [0.1, 0.15) is 46.0 Å². The molecule has 0 fully saturated rings. The van der Waals surface area contributed by atoms with Crippen molar-refractivity contribution in [3.05, 3.63) is 83.4 Å². The molecule has 0 heterocycles. The Kier molecular flexibility index (Phi) is 8.45. The second-order valence-electron chi connectivity index (χ2n) is 7.36. The number of carbonyl (C=O) groups excluding carboxylic acids is 1. The molecule has 3 aromatic carbocycles. The van der Waals surface area contributed by atoms with Crippen molar-refractivity contribution < 1.29 is 19.4 Å². The van der Waals surface area contributed by atoms with Crippen molar-refractivity contribution in [2.45, 2.75) is 26.2 Å². The summed E-state index contributed by atoms with van der Waals surface area (Å²) in [5.41, 5.74) is 3.41. The smallest absolute Gasteiger partial charge is 0.337 e. The molecule has 166 valence electrons. The number of rotatable bonds is 10. The van der Waals surface area contributed by atoms with E-state index in [9.17, 15) is 14.7 Å². The molecule has 0 bridgehead atoms. The van der Waals surface area contributed by atoms with Crippen molar-refractivity contribution in [3.63, 3.8) is 0 Å². The van der Waals surface area contributed by atoms with Gasteiger partial charge in [0.25, 0.3) is 5.91 Å². The minimum atomic E-state index is -1.10. The van der Waals surface area contributed by atoms with Crippen molar-refractivity contribution in [2.75, 3.05) is 17.3 Å². The Labute approximate surface area is 196 Å². The molecule has 1 amide bonds. The highest BCUT2D eigenvalue weighted by Gasteiger charge is 2.18. The molecule has 0 atom stereocenters. The Morgan fingerprint density at radius 1 is 0.969 bits per heavy atom. The quantitative estimate of drug-likeness (QED) is 0.251. The average molecular weight is 496 g/mol. The summed E-state index contributed by atoms with van der Waals surface area (Å²) in [5, 5.41) is 13.2. The molecule has 0 aliphatic heterocycles. The summed E-state index contributed by atoms with van der Waals surface area (Å²) in [5.74, 6) is -1.02. The Bertz CT molecular complexity index is 1080. The van der Waals surface area contributed by atoms with Gasteiger partial charge < -0.3 is 15.2 Å². The molecule has 2 N–H and O–H groups in total. The third-order valence-corrected chi connectivity index (χ3v) is 5.43. The predicted molar refractivity (Wildman–Crippen MR) is 131 cm³/mol. The number of hydrogen-bond donors (Lipinski definition) is 2. The molecule has 6 heteroatoms. The van der Waals surface area contributed by atoms with Crippen LogP contribution in [-0.2, 0) is 6.42 Å². The Morgan fingerprint density at radius 3 is 2.44 bits per heavy atom. The number of unbranched alkanes of at least 4 members (excludes halogenated alkanes) is 1. The van der Waals surface area contributed by atoms with E-state index >= 15 is 0 Å². The van der Waals surface area contributed by atoms with Crippen LogP contribution in [-0.4, -0.2) is 28.9 Å². The van der Waals surface area contributed by atoms with Gasteiger partial charge in [-0.3, -0.25) is 4.79 Å². The summed E-state index contributed by atoms with van der Waals surface area (Å²) in [6.07, 6.45) is 2.63. The number of benzene rings is 3. The van der Waals surface area contributed by atoms with Crippen LogP contribution in [0.15, 0.2) is 66.7 Å². The maximum absolute atomic E-state index is 13.3. The van der Waals surface area contributed by atoms with Crippen molar-refractivity contribution >= 4 is 33.5 Å². The number of aryl methyl sites for hydroxylation is 1. The summed E-state index contributed by atoms with van der Waals surface area (Å²) >= 11 is 3.43. The molecular formula is C26H26BrNO4. The first-order valence-electron chi connectivity index (χ1n) is 10.6. The number of aromatic carboxylic acids is 1. The average Bonchev–Trinajstić information content (AvgIpc) is 2.80. The summed E-state index contributed by atoms with van der Waals surface area (Å²) in [4.78, 5) is 25.0. The second kappa shape index (κ2) is 11.5. The van der Waals surface area contributed by atoms with Gasteiger partial charge in [0.1, 0.15) is 5.75 Å². The maximum atomic E-state index is 13.3.